The number of anilines is 1. The van der Waals surface area contributed by atoms with Gasteiger partial charge in [-0.25, -0.2) is 4.39 Å². The van der Waals surface area contributed by atoms with E-state index in [1.807, 2.05) is 13.8 Å². The van der Waals surface area contributed by atoms with Crippen molar-refractivity contribution in [2.24, 2.45) is 0 Å². The van der Waals surface area contributed by atoms with Crippen molar-refractivity contribution in [2.45, 2.75) is 32.9 Å². The molecular weight excluding hydrogens is 287 g/mol. The quantitative estimate of drug-likeness (QED) is 0.898. The molecule has 0 spiro atoms. The van der Waals surface area contributed by atoms with Gasteiger partial charge in [0.05, 0.1) is 4.47 Å². The molecule has 1 unspecified atom stereocenters. The normalized spacial score (nSPS) is 12.4. The molecule has 0 aliphatic carbocycles. The molecule has 1 rings (SSSR count). The van der Waals surface area contributed by atoms with Gasteiger partial charge >= 0.3 is 0 Å². The van der Waals surface area contributed by atoms with E-state index >= 15 is 0 Å². The van der Waals surface area contributed by atoms with Crippen molar-refractivity contribution in [3.05, 3.63) is 28.5 Å². The van der Waals surface area contributed by atoms with Crippen LogP contribution >= 0.6 is 15.9 Å². The average molecular weight is 303 g/mol. The lowest BCUT2D eigenvalue weighted by Gasteiger charge is -2.17. The number of amides is 1. The van der Waals surface area contributed by atoms with E-state index in [4.69, 9.17) is 0 Å². The van der Waals surface area contributed by atoms with Crippen LogP contribution in [0.3, 0.4) is 0 Å². The predicted molar refractivity (Wildman–Crippen MR) is 70.5 cm³/mol. The van der Waals surface area contributed by atoms with E-state index in [1.165, 1.54) is 6.07 Å². The fourth-order valence-electron chi connectivity index (χ4n) is 1.31. The number of hydrogen-bond donors (Lipinski definition) is 2. The highest BCUT2D eigenvalue weighted by Crippen LogP contribution is 2.19. The van der Waals surface area contributed by atoms with Crippen molar-refractivity contribution in [3.63, 3.8) is 0 Å². The second-order valence-corrected chi connectivity index (χ2v) is 5.01. The summed E-state index contributed by atoms with van der Waals surface area (Å²) in [4.78, 5) is 11.6. The summed E-state index contributed by atoms with van der Waals surface area (Å²) in [7, 11) is 0. The molecule has 5 heteroatoms. The van der Waals surface area contributed by atoms with Gasteiger partial charge < -0.3 is 10.6 Å². The highest BCUT2D eigenvalue weighted by Gasteiger charge is 2.13. The first kappa shape index (κ1) is 14.0. The zero-order chi connectivity index (χ0) is 13.0. The minimum atomic E-state index is -0.405. The summed E-state index contributed by atoms with van der Waals surface area (Å²) in [5.74, 6) is -0.463. The zero-order valence-electron chi connectivity index (χ0n) is 10.1. The van der Waals surface area contributed by atoms with Gasteiger partial charge in [-0.15, -0.1) is 0 Å². The summed E-state index contributed by atoms with van der Waals surface area (Å²) in [5, 5.41) is 5.73. The number of benzene rings is 1. The number of nitrogens with one attached hydrogen (secondary N) is 2. The Labute approximate surface area is 109 Å². The molecule has 0 aliphatic rings. The molecule has 0 saturated carbocycles. The maximum Gasteiger partial charge on any atom is 0.242 e. The lowest BCUT2D eigenvalue weighted by Crippen LogP contribution is -2.40. The van der Waals surface area contributed by atoms with E-state index in [1.54, 1.807) is 19.1 Å². The molecule has 94 valence electrons. The van der Waals surface area contributed by atoms with E-state index in [2.05, 4.69) is 26.6 Å². The summed E-state index contributed by atoms with van der Waals surface area (Å²) in [5.41, 5.74) is 0.581. The highest BCUT2D eigenvalue weighted by atomic mass is 79.9. The largest absolute Gasteiger partial charge is 0.374 e. The van der Waals surface area contributed by atoms with Crippen molar-refractivity contribution in [1.29, 1.82) is 0 Å². The van der Waals surface area contributed by atoms with Crippen LogP contribution in [0.25, 0.3) is 0 Å². The molecule has 0 radical (unpaired) electrons. The van der Waals surface area contributed by atoms with E-state index in [-0.39, 0.29) is 17.8 Å². The second kappa shape index (κ2) is 6.00. The van der Waals surface area contributed by atoms with Crippen LogP contribution in [-0.2, 0) is 4.79 Å². The molecule has 0 aliphatic heterocycles. The van der Waals surface area contributed by atoms with Gasteiger partial charge in [0.15, 0.2) is 0 Å². The molecule has 0 fully saturated rings. The second-order valence-electron chi connectivity index (χ2n) is 4.16. The van der Waals surface area contributed by atoms with E-state index < -0.39 is 6.04 Å². The van der Waals surface area contributed by atoms with E-state index in [0.717, 1.165) is 0 Å². The summed E-state index contributed by atoms with van der Waals surface area (Å²) >= 11 is 3.08. The molecule has 1 atom stereocenters. The zero-order valence-corrected chi connectivity index (χ0v) is 11.6. The van der Waals surface area contributed by atoms with Crippen molar-refractivity contribution in [1.82, 2.24) is 5.32 Å². The summed E-state index contributed by atoms with van der Waals surface area (Å²) < 4.78 is 13.7. The number of carbonyl (C=O) groups is 1. The standard InChI is InChI=1S/C12H16BrFN2O/c1-7(2)15-12(17)8(3)16-9-4-5-10(13)11(14)6-9/h4-8,16H,1-3H3,(H,15,17). The van der Waals surface area contributed by atoms with Crippen LogP contribution < -0.4 is 10.6 Å². The molecule has 17 heavy (non-hydrogen) atoms. The molecule has 0 saturated heterocycles. The molecule has 2 N–H and O–H groups in total. The van der Waals surface area contributed by atoms with Gasteiger partial charge in [0.25, 0.3) is 0 Å². The van der Waals surface area contributed by atoms with Crippen molar-refractivity contribution >= 4 is 27.5 Å². The first-order valence-corrected chi connectivity index (χ1v) is 6.21. The molecule has 0 aromatic heterocycles. The summed E-state index contributed by atoms with van der Waals surface area (Å²) in [6, 6.07) is 4.35. The minimum Gasteiger partial charge on any atom is -0.374 e. The first-order chi connectivity index (χ1) is 7.90. The van der Waals surface area contributed by atoms with Gasteiger partial charge in [-0.3, -0.25) is 4.79 Å². The third kappa shape index (κ3) is 4.34. The highest BCUT2D eigenvalue weighted by molar-refractivity contribution is 9.10. The van der Waals surface area contributed by atoms with Crippen LogP contribution in [0.1, 0.15) is 20.8 Å². The average Bonchev–Trinajstić information content (AvgIpc) is 2.22. The van der Waals surface area contributed by atoms with Crippen LogP contribution in [0.5, 0.6) is 0 Å². The topological polar surface area (TPSA) is 41.1 Å². The Morgan fingerprint density at radius 3 is 2.53 bits per heavy atom. The maximum atomic E-state index is 13.3. The Hall–Kier alpha value is -1.10. The number of rotatable bonds is 4. The lowest BCUT2D eigenvalue weighted by atomic mass is 10.2. The molecule has 0 heterocycles. The Balaban J connectivity index is 2.64. The third-order valence-electron chi connectivity index (χ3n) is 2.13. The number of carbonyl (C=O) groups excluding carboxylic acids is 1. The van der Waals surface area contributed by atoms with Crippen LogP contribution in [0.15, 0.2) is 22.7 Å². The van der Waals surface area contributed by atoms with Gasteiger partial charge in [-0.1, -0.05) is 0 Å². The molecule has 3 nitrogen and oxygen atoms in total. The smallest absolute Gasteiger partial charge is 0.242 e. The van der Waals surface area contributed by atoms with Gasteiger partial charge in [0.1, 0.15) is 11.9 Å². The SMILES string of the molecule is CC(C)NC(=O)C(C)Nc1ccc(Br)c(F)c1. The lowest BCUT2D eigenvalue weighted by molar-refractivity contribution is -0.122. The molecule has 1 amide bonds. The van der Waals surface area contributed by atoms with Gasteiger partial charge in [0, 0.05) is 11.7 Å². The molecule has 0 bridgehead atoms. The monoisotopic (exact) mass is 302 g/mol. The molecule has 1 aromatic carbocycles. The van der Waals surface area contributed by atoms with Crippen molar-refractivity contribution in [3.8, 4) is 0 Å². The molecule has 1 aromatic rings. The third-order valence-corrected chi connectivity index (χ3v) is 2.77. The van der Waals surface area contributed by atoms with Crippen LogP contribution in [0.2, 0.25) is 0 Å². The van der Waals surface area contributed by atoms with Crippen molar-refractivity contribution in [2.75, 3.05) is 5.32 Å². The predicted octanol–water partition coefficient (Wildman–Crippen LogP) is 2.91. The van der Waals surface area contributed by atoms with Crippen LogP contribution in [-0.4, -0.2) is 18.0 Å². The fourth-order valence-corrected chi connectivity index (χ4v) is 1.56. The molecular formula is C12H16BrFN2O. The van der Waals surface area contributed by atoms with Crippen LogP contribution in [0, 0.1) is 5.82 Å². The first-order valence-electron chi connectivity index (χ1n) is 5.42. The minimum absolute atomic E-state index is 0.0911. The fraction of sp³-hybridized carbons (Fsp3) is 0.417. The Morgan fingerprint density at radius 1 is 1.35 bits per heavy atom. The maximum absolute atomic E-state index is 13.3. The van der Waals surface area contributed by atoms with Gasteiger partial charge in [0.2, 0.25) is 5.91 Å². The number of halogens is 2. The summed E-state index contributed by atoms with van der Waals surface area (Å²) in [6.07, 6.45) is 0. The Kier molecular flexibility index (Phi) is 4.93. The van der Waals surface area contributed by atoms with E-state index in [9.17, 15) is 9.18 Å². The van der Waals surface area contributed by atoms with E-state index in [0.29, 0.717) is 10.2 Å². The number of hydrogen-bond acceptors (Lipinski definition) is 2. The Bertz CT molecular complexity index is 409. The summed E-state index contributed by atoms with van der Waals surface area (Å²) in [6.45, 7) is 5.52. The van der Waals surface area contributed by atoms with Gasteiger partial charge in [-0.2, -0.15) is 0 Å². The Morgan fingerprint density at radius 2 is 2.00 bits per heavy atom. The van der Waals surface area contributed by atoms with Crippen LogP contribution in [0.4, 0.5) is 10.1 Å². The van der Waals surface area contributed by atoms with Crippen molar-refractivity contribution < 1.29 is 9.18 Å². The van der Waals surface area contributed by atoms with Gasteiger partial charge in [-0.05, 0) is 54.9 Å².